The first-order valence-corrected chi connectivity index (χ1v) is 10.2. The first-order valence-electron chi connectivity index (χ1n) is 7.79. The molecule has 1 heterocycles. The van der Waals surface area contributed by atoms with Gasteiger partial charge >= 0.3 is 5.91 Å². The second kappa shape index (κ2) is 7.57. The van der Waals surface area contributed by atoms with Gasteiger partial charge in [0.05, 0.1) is 17.0 Å². The molecule has 0 saturated carbocycles. The van der Waals surface area contributed by atoms with Gasteiger partial charge in [-0.1, -0.05) is 55.0 Å². The van der Waals surface area contributed by atoms with E-state index >= 15 is 0 Å². The summed E-state index contributed by atoms with van der Waals surface area (Å²) >= 11 is 3.22. The first-order chi connectivity index (χ1) is 10.9. The van der Waals surface area contributed by atoms with Crippen molar-refractivity contribution in [3.63, 3.8) is 0 Å². The van der Waals surface area contributed by atoms with Gasteiger partial charge in [0.1, 0.15) is 0 Å². The number of carbonyl (C=O) groups is 2. The molecule has 1 amide bonds. The van der Waals surface area contributed by atoms with Crippen LogP contribution in [-0.4, -0.2) is 25.9 Å². The van der Waals surface area contributed by atoms with Gasteiger partial charge in [0, 0.05) is 4.47 Å². The minimum absolute atomic E-state index is 0.117. The maximum Gasteiger partial charge on any atom is 0.313 e. The Bertz CT molecular complexity index is 715. The summed E-state index contributed by atoms with van der Waals surface area (Å²) in [5.74, 6) is -1.87. The van der Waals surface area contributed by atoms with Crippen molar-refractivity contribution >= 4 is 43.3 Å². The fourth-order valence-electron chi connectivity index (χ4n) is 2.62. The van der Waals surface area contributed by atoms with Gasteiger partial charge in [0.25, 0.3) is 5.78 Å². The molecule has 23 heavy (non-hydrogen) atoms. The number of anilines is 1. The minimum Gasteiger partial charge on any atom is -0.283 e. The summed E-state index contributed by atoms with van der Waals surface area (Å²) in [7, 11) is -3.81. The molecule has 0 spiro atoms. The van der Waals surface area contributed by atoms with Crippen LogP contribution >= 0.6 is 15.9 Å². The van der Waals surface area contributed by atoms with E-state index in [2.05, 4.69) is 22.9 Å². The molecule has 1 aliphatic heterocycles. The standard InChI is InChI=1S/C16H20BrNO4S/c1-2-3-4-5-6-7-10-23(21,22)18-14-9-8-12(17)11-13(14)15(19)16(18)20/h8-9,11H,2-7,10H2,1H3. The van der Waals surface area contributed by atoms with Gasteiger partial charge in [-0.05, 0) is 24.6 Å². The Kier molecular flexibility index (Phi) is 5.97. The average Bonchev–Trinajstić information content (AvgIpc) is 2.75. The van der Waals surface area contributed by atoms with Crippen molar-refractivity contribution in [3.05, 3.63) is 28.2 Å². The quantitative estimate of drug-likeness (QED) is 0.491. The molecule has 1 aliphatic rings. The van der Waals surface area contributed by atoms with E-state index in [9.17, 15) is 18.0 Å². The molecular weight excluding hydrogens is 382 g/mol. The maximum atomic E-state index is 12.5. The lowest BCUT2D eigenvalue weighted by Crippen LogP contribution is -2.37. The van der Waals surface area contributed by atoms with Crippen molar-refractivity contribution in [2.24, 2.45) is 0 Å². The zero-order valence-electron chi connectivity index (χ0n) is 13.0. The third kappa shape index (κ3) is 4.01. The third-order valence-electron chi connectivity index (χ3n) is 3.83. The Hall–Kier alpha value is -1.21. The zero-order valence-corrected chi connectivity index (χ0v) is 15.5. The van der Waals surface area contributed by atoms with Gasteiger partial charge in [0.2, 0.25) is 10.0 Å². The Morgan fingerprint density at radius 1 is 1.04 bits per heavy atom. The van der Waals surface area contributed by atoms with Crippen LogP contribution in [-0.2, 0) is 14.8 Å². The lowest BCUT2D eigenvalue weighted by atomic mass is 10.1. The number of rotatable bonds is 8. The van der Waals surface area contributed by atoms with Crippen LogP contribution in [0.25, 0.3) is 0 Å². The van der Waals surface area contributed by atoms with Crippen molar-refractivity contribution in [2.75, 3.05) is 10.1 Å². The van der Waals surface area contributed by atoms with E-state index in [0.29, 0.717) is 15.2 Å². The fourth-order valence-corrected chi connectivity index (χ4v) is 4.52. The number of carbonyl (C=O) groups excluding carboxylic acids is 2. The molecule has 0 fully saturated rings. The number of nitrogens with zero attached hydrogens (tertiary/aromatic N) is 1. The molecule has 7 heteroatoms. The zero-order chi connectivity index (χ0) is 17.0. The number of ketones is 1. The summed E-state index contributed by atoms with van der Waals surface area (Å²) in [5.41, 5.74) is 0.296. The summed E-state index contributed by atoms with van der Waals surface area (Å²) < 4.78 is 26.2. The van der Waals surface area contributed by atoms with Crippen LogP contribution in [0.4, 0.5) is 5.69 Å². The molecule has 1 aromatic rings. The molecule has 0 saturated heterocycles. The Labute approximate surface area is 145 Å². The lowest BCUT2D eigenvalue weighted by Gasteiger charge is -2.16. The average molecular weight is 402 g/mol. The van der Waals surface area contributed by atoms with E-state index in [1.54, 1.807) is 6.07 Å². The molecule has 0 atom stereocenters. The van der Waals surface area contributed by atoms with Crippen LogP contribution in [0, 0.1) is 0 Å². The summed E-state index contributed by atoms with van der Waals surface area (Å²) in [6.07, 6.45) is 5.66. The van der Waals surface area contributed by atoms with Gasteiger partial charge in [-0.25, -0.2) is 8.42 Å². The number of amides is 1. The van der Waals surface area contributed by atoms with Crippen LogP contribution < -0.4 is 4.31 Å². The summed E-state index contributed by atoms with van der Waals surface area (Å²) in [4.78, 5) is 24.1. The molecule has 0 aromatic heterocycles. The van der Waals surface area contributed by atoms with Crippen LogP contribution in [0.5, 0.6) is 0 Å². The predicted molar refractivity (Wildman–Crippen MR) is 93.1 cm³/mol. The predicted octanol–water partition coefficient (Wildman–Crippen LogP) is 3.67. The molecular formula is C16H20BrNO4S. The highest BCUT2D eigenvalue weighted by Crippen LogP contribution is 2.33. The van der Waals surface area contributed by atoms with Gasteiger partial charge in [0.15, 0.2) is 0 Å². The number of hydrogen-bond donors (Lipinski definition) is 0. The smallest absolute Gasteiger partial charge is 0.283 e. The van der Waals surface area contributed by atoms with Crippen molar-refractivity contribution in [2.45, 2.75) is 45.4 Å². The first kappa shape index (κ1) is 18.1. The van der Waals surface area contributed by atoms with Crippen LogP contribution in [0.2, 0.25) is 0 Å². The Balaban J connectivity index is 2.08. The molecule has 1 aromatic carbocycles. The largest absolute Gasteiger partial charge is 0.313 e. The summed E-state index contributed by atoms with van der Waals surface area (Å²) in [6, 6.07) is 4.59. The Morgan fingerprint density at radius 2 is 1.70 bits per heavy atom. The minimum atomic E-state index is -3.81. The number of halogens is 1. The lowest BCUT2D eigenvalue weighted by molar-refractivity contribution is -0.113. The highest BCUT2D eigenvalue weighted by atomic mass is 79.9. The van der Waals surface area contributed by atoms with Gasteiger partial charge in [-0.3, -0.25) is 9.59 Å². The molecule has 0 radical (unpaired) electrons. The fraction of sp³-hybridized carbons (Fsp3) is 0.500. The molecule has 0 N–H and O–H groups in total. The van der Waals surface area contributed by atoms with Crippen molar-refractivity contribution in [1.29, 1.82) is 0 Å². The maximum absolute atomic E-state index is 12.5. The highest BCUT2D eigenvalue weighted by Gasteiger charge is 2.42. The van der Waals surface area contributed by atoms with Crippen molar-refractivity contribution in [3.8, 4) is 0 Å². The number of fused-ring (bicyclic) bond motifs is 1. The van der Waals surface area contributed by atoms with Crippen molar-refractivity contribution in [1.82, 2.24) is 0 Å². The van der Waals surface area contributed by atoms with E-state index in [0.717, 1.165) is 32.1 Å². The Morgan fingerprint density at radius 3 is 2.39 bits per heavy atom. The molecule has 2 rings (SSSR count). The van der Waals surface area contributed by atoms with E-state index < -0.39 is 21.7 Å². The third-order valence-corrected chi connectivity index (χ3v) is 6.05. The van der Waals surface area contributed by atoms with Gasteiger partial charge < -0.3 is 0 Å². The van der Waals surface area contributed by atoms with E-state index in [1.807, 2.05) is 0 Å². The number of benzene rings is 1. The van der Waals surface area contributed by atoms with Gasteiger partial charge in [-0.15, -0.1) is 0 Å². The van der Waals surface area contributed by atoms with E-state index in [-0.39, 0.29) is 17.0 Å². The van der Waals surface area contributed by atoms with Crippen LogP contribution in [0.3, 0.4) is 0 Å². The van der Waals surface area contributed by atoms with Crippen LogP contribution in [0.1, 0.15) is 55.8 Å². The molecule has 0 unspecified atom stereocenters. The molecule has 126 valence electrons. The van der Waals surface area contributed by atoms with Crippen LogP contribution in [0.15, 0.2) is 22.7 Å². The van der Waals surface area contributed by atoms with Gasteiger partial charge in [-0.2, -0.15) is 4.31 Å². The molecule has 5 nitrogen and oxygen atoms in total. The summed E-state index contributed by atoms with van der Waals surface area (Å²) in [6.45, 7) is 2.12. The highest BCUT2D eigenvalue weighted by molar-refractivity contribution is 9.10. The molecule has 0 bridgehead atoms. The summed E-state index contributed by atoms with van der Waals surface area (Å²) in [5, 5.41) is 0. The van der Waals surface area contributed by atoms with E-state index in [4.69, 9.17) is 0 Å². The number of unbranched alkanes of at least 4 members (excludes halogenated alkanes) is 5. The van der Waals surface area contributed by atoms with Crippen molar-refractivity contribution < 1.29 is 18.0 Å². The second-order valence-electron chi connectivity index (χ2n) is 5.64. The normalized spacial score (nSPS) is 14.4. The number of sulfonamides is 1. The topological polar surface area (TPSA) is 71.5 Å². The van der Waals surface area contributed by atoms with E-state index in [1.165, 1.54) is 12.1 Å². The molecule has 0 aliphatic carbocycles. The SMILES string of the molecule is CCCCCCCCS(=O)(=O)N1C(=O)C(=O)c2cc(Br)ccc21. The number of hydrogen-bond acceptors (Lipinski definition) is 4. The monoisotopic (exact) mass is 401 g/mol. The second-order valence-corrected chi connectivity index (χ2v) is 8.50. The number of Topliss-reactive ketones (excluding diaryl/α,β-unsaturated/α-hetero) is 1.